The summed E-state index contributed by atoms with van der Waals surface area (Å²) in [6.07, 6.45) is 8.41. The molecule has 3 aromatic rings. The number of hydrogen-bond donors (Lipinski definition) is 0. The van der Waals surface area contributed by atoms with E-state index in [1.54, 1.807) is 0 Å². The van der Waals surface area contributed by atoms with Crippen molar-refractivity contribution in [1.82, 2.24) is 19.4 Å². The summed E-state index contributed by atoms with van der Waals surface area (Å²) in [7, 11) is 1.83. The van der Waals surface area contributed by atoms with Crippen molar-refractivity contribution in [2.24, 2.45) is 5.92 Å². The maximum Gasteiger partial charge on any atom is 0.225 e. The molecule has 3 aliphatic rings. The Labute approximate surface area is 226 Å². The molecule has 2 saturated heterocycles. The summed E-state index contributed by atoms with van der Waals surface area (Å²) in [6, 6.07) is 14.1. The Morgan fingerprint density at radius 1 is 1.00 bits per heavy atom. The molecule has 0 atom stereocenters. The molecule has 1 aliphatic carbocycles. The number of hydrogen-bond acceptors (Lipinski definition) is 5. The molecule has 1 saturated carbocycles. The van der Waals surface area contributed by atoms with Crippen LogP contribution < -0.4 is 4.90 Å². The number of piperidine rings is 1. The maximum absolute atomic E-state index is 12.5. The van der Waals surface area contributed by atoms with Gasteiger partial charge in [0, 0.05) is 68.6 Å². The topological polar surface area (TPSA) is 53.3 Å². The lowest BCUT2D eigenvalue weighted by atomic mass is 9.73. The summed E-state index contributed by atoms with van der Waals surface area (Å²) < 4.78 is 7.73. The van der Waals surface area contributed by atoms with Gasteiger partial charge in [0.1, 0.15) is 0 Å². The van der Waals surface area contributed by atoms with Crippen LogP contribution >= 0.6 is 0 Å². The largest absolute Gasteiger partial charge is 0.384 e. The smallest absolute Gasteiger partial charge is 0.225 e. The van der Waals surface area contributed by atoms with E-state index in [-0.39, 0.29) is 5.41 Å². The van der Waals surface area contributed by atoms with Crippen molar-refractivity contribution < 1.29 is 9.53 Å². The molecular weight excluding hydrogens is 474 g/mol. The molecule has 202 valence electrons. The summed E-state index contributed by atoms with van der Waals surface area (Å²) in [4.78, 5) is 19.5. The van der Waals surface area contributed by atoms with E-state index in [0.717, 1.165) is 77.1 Å². The number of nitrogens with zero attached hydrogens (tertiary/aromatic N) is 5. The van der Waals surface area contributed by atoms with Gasteiger partial charge in [-0.1, -0.05) is 24.3 Å². The minimum absolute atomic E-state index is 0.0852. The number of ether oxygens (including phenoxy) is 1. The van der Waals surface area contributed by atoms with E-state index in [1.807, 2.05) is 17.8 Å². The van der Waals surface area contributed by atoms with Crippen molar-refractivity contribution in [2.45, 2.75) is 51.0 Å². The van der Waals surface area contributed by atoms with E-state index in [0.29, 0.717) is 17.9 Å². The third-order valence-electron chi connectivity index (χ3n) is 9.08. The zero-order valence-electron chi connectivity index (χ0n) is 23.1. The number of likely N-dealkylation sites (tertiary alicyclic amines) is 1. The molecule has 2 aliphatic heterocycles. The molecule has 6 rings (SSSR count). The second-order valence-electron chi connectivity index (χ2n) is 11.8. The van der Waals surface area contributed by atoms with E-state index in [1.165, 1.54) is 22.4 Å². The summed E-state index contributed by atoms with van der Waals surface area (Å²) in [5, 5.41) is 4.61. The molecule has 0 unspecified atom stereocenters. The van der Waals surface area contributed by atoms with Gasteiger partial charge in [0.15, 0.2) is 0 Å². The normalized spacial score (nSPS) is 20.4. The van der Waals surface area contributed by atoms with Crippen LogP contribution in [0.2, 0.25) is 0 Å². The number of benzene rings is 1. The molecular formula is C31H41N5O2. The van der Waals surface area contributed by atoms with Crippen molar-refractivity contribution in [1.29, 1.82) is 0 Å². The average Bonchev–Trinajstić information content (AvgIpc) is 3.71. The van der Waals surface area contributed by atoms with E-state index >= 15 is 0 Å². The molecule has 0 bridgehead atoms. The van der Waals surface area contributed by atoms with Crippen LogP contribution in [0.1, 0.15) is 45.1 Å². The highest BCUT2D eigenvalue weighted by Crippen LogP contribution is 2.38. The van der Waals surface area contributed by atoms with Gasteiger partial charge in [0.25, 0.3) is 0 Å². The molecule has 1 aromatic carbocycles. The SMILES string of the molecule is COCC1(c2ccc(-c3cc4c(N5CCN(C(=O)C6CC6)CC5)ccnn4c3)cc2)CCN(C(C)C)CC1. The van der Waals surface area contributed by atoms with E-state index in [9.17, 15) is 4.79 Å². The Balaban J connectivity index is 1.20. The van der Waals surface area contributed by atoms with Gasteiger partial charge in [-0.15, -0.1) is 0 Å². The van der Waals surface area contributed by atoms with Crippen molar-refractivity contribution in [2.75, 3.05) is 57.9 Å². The molecule has 0 N–H and O–H groups in total. The van der Waals surface area contributed by atoms with Crippen molar-refractivity contribution in [3.63, 3.8) is 0 Å². The van der Waals surface area contributed by atoms with Crippen LogP contribution in [-0.4, -0.2) is 84.3 Å². The molecule has 4 heterocycles. The first kappa shape index (κ1) is 25.4. The molecule has 7 heteroatoms. The first-order valence-corrected chi connectivity index (χ1v) is 14.3. The van der Waals surface area contributed by atoms with Crippen LogP contribution in [0.5, 0.6) is 0 Å². The summed E-state index contributed by atoms with van der Waals surface area (Å²) >= 11 is 0. The Morgan fingerprint density at radius 2 is 1.71 bits per heavy atom. The van der Waals surface area contributed by atoms with Crippen LogP contribution in [0.4, 0.5) is 5.69 Å². The van der Waals surface area contributed by atoms with Crippen molar-refractivity contribution in [3.05, 3.63) is 54.4 Å². The fourth-order valence-electron chi connectivity index (χ4n) is 6.46. The fraction of sp³-hybridized carbons (Fsp3) is 0.548. The molecule has 2 aromatic heterocycles. The number of methoxy groups -OCH3 is 1. The molecule has 3 fully saturated rings. The number of rotatable bonds is 7. The zero-order valence-corrected chi connectivity index (χ0v) is 23.1. The van der Waals surface area contributed by atoms with Crippen LogP contribution in [0, 0.1) is 5.92 Å². The van der Waals surface area contributed by atoms with Crippen molar-refractivity contribution in [3.8, 4) is 11.1 Å². The lowest BCUT2D eigenvalue weighted by molar-refractivity contribution is -0.132. The van der Waals surface area contributed by atoms with Crippen LogP contribution in [-0.2, 0) is 14.9 Å². The Morgan fingerprint density at radius 3 is 2.34 bits per heavy atom. The van der Waals surface area contributed by atoms with Gasteiger partial charge >= 0.3 is 0 Å². The molecule has 7 nitrogen and oxygen atoms in total. The van der Waals surface area contributed by atoms with E-state index in [4.69, 9.17) is 4.74 Å². The minimum Gasteiger partial charge on any atom is -0.384 e. The highest BCUT2D eigenvalue weighted by Gasteiger charge is 2.37. The van der Waals surface area contributed by atoms with Crippen LogP contribution in [0.25, 0.3) is 16.6 Å². The number of aromatic nitrogens is 2. The van der Waals surface area contributed by atoms with Gasteiger partial charge in [-0.25, -0.2) is 4.52 Å². The van der Waals surface area contributed by atoms with E-state index in [2.05, 4.69) is 76.2 Å². The number of fused-ring (bicyclic) bond motifs is 1. The van der Waals surface area contributed by atoms with E-state index < -0.39 is 0 Å². The highest BCUT2D eigenvalue weighted by molar-refractivity contribution is 5.82. The fourth-order valence-corrected chi connectivity index (χ4v) is 6.46. The molecule has 38 heavy (non-hydrogen) atoms. The quantitative estimate of drug-likeness (QED) is 0.466. The summed E-state index contributed by atoms with van der Waals surface area (Å²) in [5.74, 6) is 0.654. The van der Waals surface area contributed by atoms with Gasteiger partial charge in [-0.3, -0.25) is 4.79 Å². The van der Waals surface area contributed by atoms with Crippen LogP contribution in [0.15, 0.2) is 48.8 Å². The van der Waals surface area contributed by atoms with Gasteiger partial charge in [0.05, 0.1) is 17.8 Å². The number of amides is 1. The summed E-state index contributed by atoms with van der Waals surface area (Å²) in [5.41, 5.74) is 6.16. The average molecular weight is 516 g/mol. The van der Waals surface area contributed by atoms with Gasteiger partial charge in [-0.2, -0.15) is 5.10 Å². The Hall–Kier alpha value is -2.90. The molecule has 1 amide bonds. The second-order valence-corrected chi connectivity index (χ2v) is 11.8. The molecule has 0 spiro atoms. The Bertz CT molecular complexity index is 1260. The van der Waals surface area contributed by atoms with Gasteiger partial charge in [-0.05, 0) is 75.9 Å². The monoisotopic (exact) mass is 515 g/mol. The predicted octanol–water partition coefficient (Wildman–Crippen LogP) is 4.45. The van der Waals surface area contributed by atoms with Gasteiger partial charge in [0.2, 0.25) is 5.91 Å². The Kier molecular flexibility index (Phi) is 6.91. The number of carbonyl (C=O) groups is 1. The van der Waals surface area contributed by atoms with Gasteiger partial charge < -0.3 is 19.4 Å². The second kappa shape index (κ2) is 10.3. The highest BCUT2D eigenvalue weighted by atomic mass is 16.5. The lowest BCUT2D eigenvalue weighted by Gasteiger charge is -2.43. The lowest BCUT2D eigenvalue weighted by Crippen LogP contribution is -2.49. The summed E-state index contributed by atoms with van der Waals surface area (Å²) in [6.45, 7) is 10.9. The first-order valence-electron chi connectivity index (χ1n) is 14.3. The number of piperazine rings is 1. The third kappa shape index (κ3) is 4.82. The van der Waals surface area contributed by atoms with Crippen molar-refractivity contribution >= 4 is 17.1 Å². The third-order valence-corrected chi connectivity index (χ3v) is 9.08. The zero-order chi connectivity index (χ0) is 26.3. The van der Waals surface area contributed by atoms with Crippen LogP contribution in [0.3, 0.4) is 0 Å². The predicted molar refractivity (Wildman–Crippen MR) is 152 cm³/mol. The maximum atomic E-state index is 12.5. The standard InChI is InChI=1S/C31H41N5O2/c1-23(2)33-14-11-31(12-15-33,22-38-3)27-8-6-24(7-9-27)26-20-29-28(10-13-32-36(29)21-26)34-16-18-35(19-17-34)30(37)25-4-5-25/h6-10,13,20-21,23,25H,4-5,11-12,14-19,22H2,1-3H3. The molecule has 0 radical (unpaired) electrons. The number of anilines is 1. The first-order chi connectivity index (χ1) is 18.5. The number of carbonyl (C=O) groups excluding carboxylic acids is 1. The minimum atomic E-state index is 0.0852.